The molecule has 1 unspecified atom stereocenters. The summed E-state index contributed by atoms with van der Waals surface area (Å²) < 4.78 is 1.79. The molecule has 1 atom stereocenters. The van der Waals surface area contributed by atoms with Crippen LogP contribution in [0.2, 0.25) is 0 Å². The molecule has 0 aliphatic carbocycles. The van der Waals surface area contributed by atoms with Gasteiger partial charge in [0.05, 0.1) is 0 Å². The number of carbonyl (C=O) groups is 1. The molecule has 3 aromatic heterocycles. The lowest BCUT2D eigenvalue weighted by atomic mass is 9.90. The fraction of sp³-hybridized carbons (Fsp3) is 0.280. The Morgan fingerprint density at radius 2 is 2.15 bits per heavy atom. The van der Waals surface area contributed by atoms with Gasteiger partial charge in [-0.2, -0.15) is 5.10 Å². The number of amides is 1. The van der Waals surface area contributed by atoms with Gasteiger partial charge in [-0.25, -0.2) is 4.68 Å². The van der Waals surface area contributed by atoms with Crippen molar-refractivity contribution in [1.82, 2.24) is 30.0 Å². The van der Waals surface area contributed by atoms with Gasteiger partial charge in [-0.3, -0.25) is 14.8 Å². The van der Waals surface area contributed by atoms with Gasteiger partial charge >= 0.3 is 0 Å². The molecule has 0 saturated carbocycles. The van der Waals surface area contributed by atoms with Crippen molar-refractivity contribution in [3.63, 3.8) is 0 Å². The number of hydrogen-bond acceptors (Lipinski definition) is 5. The molecule has 2 radical (unpaired) electrons. The Balaban J connectivity index is 1.52. The van der Waals surface area contributed by atoms with E-state index in [4.69, 9.17) is 7.85 Å². The van der Waals surface area contributed by atoms with Crippen LogP contribution in [0.5, 0.6) is 0 Å². The molecule has 1 aliphatic heterocycles. The Kier molecular flexibility index (Phi) is 7.02. The van der Waals surface area contributed by atoms with Gasteiger partial charge in [0.2, 0.25) is 0 Å². The molecule has 1 fully saturated rings. The summed E-state index contributed by atoms with van der Waals surface area (Å²) >= 11 is 0. The lowest BCUT2D eigenvalue weighted by molar-refractivity contribution is 0.0687. The van der Waals surface area contributed by atoms with E-state index >= 15 is 0 Å². The van der Waals surface area contributed by atoms with E-state index in [2.05, 4.69) is 27.0 Å². The zero-order valence-electron chi connectivity index (χ0n) is 18.8. The summed E-state index contributed by atoms with van der Waals surface area (Å²) in [5, 5.41) is 7.89. The minimum Gasteiger partial charge on any atom is -0.366 e. The Labute approximate surface area is 195 Å². The summed E-state index contributed by atoms with van der Waals surface area (Å²) in [6, 6.07) is 9.32. The van der Waals surface area contributed by atoms with E-state index < -0.39 is 0 Å². The van der Waals surface area contributed by atoms with E-state index in [0.29, 0.717) is 24.2 Å². The van der Waals surface area contributed by atoms with Crippen molar-refractivity contribution in [1.29, 1.82) is 0 Å². The second kappa shape index (κ2) is 10.3. The SMILES string of the molecule is [B]c1cnn(/C(=C\C(=C)C2CCCN(C(=O)c3ccccn3)C2)NCc2cccnc2)c1C. The predicted molar refractivity (Wildman–Crippen MR) is 130 cm³/mol. The highest BCUT2D eigenvalue weighted by molar-refractivity contribution is 6.33. The maximum Gasteiger partial charge on any atom is 0.272 e. The zero-order chi connectivity index (χ0) is 23.2. The third-order valence-corrected chi connectivity index (χ3v) is 5.91. The molecule has 0 aromatic carbocycles. The van der Waals surface area contributed by atoms with E-state index in [9.17, 15) is 4.79 Å². The lowest BCUT2D eigenvalue weighted by Gasteiger charge is -2.33. The van der Waals surface area contributed by atoms with Gasteiger partial charge in [0, 0.05) is 56.0 Å². The summed E-state index contributed by atoms with van der Waals surface area (Å²) in [6.45, 7) is 8.20. The number of likely N-dealkylation sites (tertiary alicyclic amines) is 1. The van der Waals surface area contributed by atoms with Crippen molar-refractivity contribution in [3.8, 4) is 0 Å². The van der Waals surface area contributed by atoms with Crippen LogP contribution in [0, 0.1) is 12.8 Å². The molecule has 7 nitrogen and oxygen atoms in total. The Bertz CT molecular complexity index is 1140. The minimum atomic E-state index is -0.0392. The van der Waals surface area contributed by atoms with Crippen molar-refractivity contribution in [2.45, 2.75) is 26.3 Å². The van der Waals surface area contributed by atoms with Gasteiger partial charge in [0.15, 0.2) is 0 Å². The first-order valence-electron chi connectivity index (χ1n) is 11.1. The van der Waals surface area contributed by atoms with Crippen molar-refractivity contribution in [2.24, 2.45) is 5.92 Å². The van der Waals surface area contributed by atoms with Crippen LogP contribution >= 0.6 is 0 Å². The van der Waals surface area contributed by atoms with Gasteiger partial charge < -0.3 is 10.2 Å². The molecular formula is C25H27BN6O. The monoisotopic (exact) mass is 438 g/mol. The largest absolute Gasteiger partial charge is 0.366 e. The highest BCUT2D eigenvalue weighted by atomic mass is 16.2. The summed E-state index contributed by atoms with van der Waals surface area (Å²) in [4.78, 5) is 23.2. The van der Waals surface area contributed by atoms with Crippen LogP contribution in [0.4, 0.5) is 0 Å². The second-order valence-electron chi connectivity index (χ2n) is 8.22. The summed E-state index contributed by atoms with van der Waals surface area (Å²) in [5.74, 6) is 0.892. The van der Waals surface area contributed by atoms with Crippen LogP contribution < -0.4 is 10.8 Å². The number of nitrogens with one attached hydrogen (secondary N) is 1. The average Bonchev–Trinajstić information content (AvgIpc) is 3.20. The second-order valence-corrected chi connectivity index (χ2v) is 8.22. The van der Waals surface area contributed by atoms with E-state index in [1.807, 2.05) is 48.4 Å². The summed E-state index contributed by atoms with van der Waals surface area (Å²) in [7, 11) is 6.05. The minimum absolute atomic E-state index is 0.0392. The number of allylic oxidation sites excluding steroid dienone is 1. The van der Waals surface area contributed by atoms with E-state index in [-0.39, 0.29) is 11.8 Å². The molecule has 1 N–H and O–H groups in total. The highest BCUT2D eigenvalue weighted by Gasteiger charge is 2.26. The van der Waals surface area contributed by atoms with E-state index in [0.717, 1.165) is 42.0 Å². The molecule has 4 heterocycles. The standard InChI is InChI=1S/C25H27BN6O/c1-18(21-8-6-12-31(17-21)25(33)23-9-3-4-11-28-23)13-24(32-19(2)22(26)16-30-32)29-15-20-7-5-10-27-14-20/h3-5,7,9-11,13-14,16,21,29H,1,6,8,12,15,17H2,2H3/b24-13-. The molecule has 33 heavy (non-hydrogen) atoms. The summed E-state index contributed by atoms with van der Waals surface area (Å²) in [5.41, 5.74) is 3.94. The first-order chi connectivity index (χ1) is 16.0. The van der Waals surface area contributed by atoms with Crippen molar-refractivity contribution in [2.75, 3.05) is 13.1 Å². The summed E-state index contributed by atoms with van der Waals surface area (Å²) in [6.07, 6.45) is 10.8. The maximum absolute atomic E-state index is 12.9. The Morgan fingerprint density at radius 1 is 1.27 bits per heavy atom. The topological polar surface area (TPSA) is 75.9 Å². The Morgan fingerprint density at radius 3 is 2.85 bits per heavy atom. The third kappa shape index (κ3) is 5.39. The molecule has 166 valence electrons. The molecule has 1 saturated heterocycles. The van der Waals surface area contributed by atoms with Crippen LogP contribution in [-0.4, -0.2) is 51.5 Å². The maximum atomic E-state index is 12.9. The first kappa shape index (κ1) is 22.5. The fourth-order valence-corrected chi connectivity index (χ4v) is 3.96. The molecule has 0 spiro atoms. The number of carbonyl (C=O) groups excluding carboxylic acids is 1. The highest BCUT2D eigenvalue weighted by Crippen LogP contribution is 2.25. The molecule has 0 bridgehead atoms. The predicted octanol–water partition coefficient (Wildman–Crippen LogP) is 2.47. The molecular weight excluding hydrogens is 411 g/mol. The van der Waals surface area contributed by atoms with E-state index in [1.54, 1.807) is 29.3 Å². The quantitative estimate of drug-likeness (QED) is 0.453. The number of pyridine rings is 2. The number of aromatic nitrogens is 4. The van der Waals surface area contributed by atoms with Crippen LogP contribution in [-0.2, 0) is 6.54 Å². The number of nitrogens with zero attached hydrogens (tertiary/aromatic N) is 5. The number of hydrogen-bond donors (Lipinski definition) is 1. The van der Waals surface area contributed by atoms with Gasteiger partial charge in [-0.05, 0) is 55.2 Å². The normalized spacial score (nSPS) is 16.5. The molecule has 1 amide bonds. The van der Waals surface area contributed by atoms with Gasteiger partial charge in [-0.15, -0.1) is 0 Å². The van der Waals surface area contributed by atoms with E-state index in [1.165, 1.54) is 0 Å². The van der Waals surface area contributed by atoms with Gasteiger partial charge in [0.1, 0.15) is 19.4 Å². The fourth-order valence-electron chi connectivity index (χ4n) is 3.96. The van der Waals surface area contributed by atoms with Crippen LogP contribution in [0.3, 0.4) is 0 Å². The third-order valence-electron chi connectivity index (χ3n) is 5.91. The van der Waals surface area contributed by atoms with Crippen LogP contribution in [0.25, 0.3) is 5.82 Å². The van der Waals surface area contributed by atoms with Crippen LogP contribution in [0.1, 0.15) is 34.6 Å². The zero-order valence-corrected chi connectivity index (χ0v) is 18.8. The lowest BCUT2D eigenvalue weighted by Crippen LogP contribution is -2.40. The average molecular weight is 438 g/mol. The first-order valence-corrected chi connectivity index (χ1v) is 11.1. The molecule has 3 aromatic rings. The van der Waals surface area contributed by atoms with Crippen molar-refractivity contribution < 1.29 is 4.79 Å². The number of rotatable bonds is 7. The van der Waals surface area contributed by atoms with Crippen molar-refractivity contribution >= 4 is 25.0 Å². The molecule has 4 rings (SSSR count). The van der Waals surface area contributed by atoms with Gasteiger partial charge in [0.25, 0.3) is 5.91 Å². The molecule has 8 heteroatoms. The Hall–Kier alpha value is -3.68. The smallest absolute Gasteiger partial charge is 0.272 e. The number of piperidine rings is 1. The van der Waals surface area contributed by atoms with Gasteiger partial charge in [-0.1, -0.05) is 24.2 Å². The van der Waals surface area contributed by atoms with Crippen LogP contribution in [0.15, 0.2) is 73.3 Å². The van der Waals surface area contributed by atoms with Crippen molar-refractivity contribution in [3.05, 3.63) is 90.3 Å². The molecule has 1 aliphatic rings.